The van der Waals surface area contributed by atoms with E-state index in [4.69, 9.17) is 4.74 Å². The van der Waals surface area contributed by atoms with E-state index in [1.165, 1.54) is 12.0 Å². The monoisotopic (exact) mass is 503 g/mol. The number of sulfonamides is 1. The SMILES string of the molecule is CC[C@H](C(=O)N[C@@H](C)CC)N(CCc1ccccc1)C(=O)CN(c1cccc(OC)c1)S(C)(=O)=O. The molecule has 2 amide bonds. The topological polar surface area (TPSA) is 96.0 Å². The first-order valence-electron chi connectivity index (χ1n) is 11.9. The quantitative estimate of drug-likeness (QED) is 0.453. The average Bonchev–Trinajstić information content (AvgIpc) is 2.84. The molecule has 2 aromatic carbocycles. The highest BCUT2D eigenvalue weighted by Crippen LogP contribution is 2.23. The molecule has 35 heavy (non-hydrogen) atoms. The van der Waals surface area contributed by atoms with Gasteiger partial charge >= 0.3 is 0 Å². The van der Waals surface area contributed by atoms with Gasteiger partial charge in [-0.05, 0) is 43.9 Å². The lowest BCUT2D eigenvalue weighted by atomic mass is 10.1. The van der Waals surface area contributed by atoms with Gasteiger partial charge in [0.25, 0.3) is 0 Å². The molecule has 9 heteroatoms. The number of amides is 2. The van der Waals surface area contributed by atoms with Crippen LogP contribution in [0.2, 0.25) is 0 Å². The van der Waals surface area contributed by atoms with Gasteiger partial charge in [0.1, 0.15) is 18.3 Å². The van der Waals surface area contributed by atoms with Crippen molar-refractivity contribution in [3.63, 3.8) is 0 Å². The molecule has 0 aliphatic heterocycles. The summed E-state index contributed by atoms with van der Waals surface area (Å²) in [4.78, 5) is 28.2. The van der Waals surface area contributed by atoms with E-state index in [0.717, 1.165) is 22.5 Å². The van der Waals surface area contributed by atoms with E-state index < -0.39 is 28.5 Å². The molecule has 1 N–H and O–H groups in total. The molecular formula is C26H37N3O5S. The molecule has 0 spiro atoms. The van der Waals surface area contributed by atoms with Crippen molar-refractivity contribution >= 4 is 27.5 Å². The van der Waals surface area contributed by atoms with Gasteiger partial charge in [0, 0.05) is 18.7 Å². The van der Waals surface area contributed by atoms with Gasteiger partial charge in [0.2, 0.25) is 21.8 Å². The highest BCUT2D eigenvalue weighted by Gasteiger charge is 2.31. The third kappa shape index (κ3) is 8.28. The van der Waals surface area contributed by atoms with Crippen molar-refractivity contribution in [1.82, 2.24) is 10.2 Å². The number of nitrogens with one attached hydrogen (secondary N) is 1. The minimum absolute atomic E-state index is 0.0353. The predicted octanol–water partition coefficient (Wildman–Crippen LogP) is 3.23. The van der Waals surface area contributed by atoms with Crippen LogP contribution in [0.4, 0.5) is 5.69 Å². The average molecular weight is 504 g/mol. The Morgan fingerprint density at radius 1 is 1.03 bits per heavy atom. The summed E-state index contributed by atoms with van der Waals surface area (Å²) in [6, 6.07) is 15.5. The second-order valence-corrected chi connectivity index (χ2v) is 10.4. The first-order valence-corrected chi connectivity index (χ1v) is 13.7. The van der Waals surface area contributed by atoms with Crippen molar-refractivity contribution in [1.29, 1.82) is 0 Å². The molecule has 2 rings (SSSR count). The van der Waals surface area contributed by atoms with E-state index in [1.807, 2.05) is 51.1 Å². The van der Waals surface area contributed by atoms with Gasteiger partial charge < -0.3 is 15.0 Å². The molecule has 8 nitrogen and oxygen atoms in total. The predicted molar refractivity (Wildman–Crippen MR) is 139 cm³/mol. The van der Waals surface area contributed by atoms with Gasteiger partial charge in [-0.2, -0.15) is 0 Å². The van der Waals surface area contributed by atoms with Gasteiger partial charge in [-0.1, -0.05) is 50.2 Å². The molecule has 192 valence electrons. The highest BCUT2D eigenvalue weighted by molar-refractivity contribution is 7.92. The Morgan fingerprint density at radius 2 is 1.71 bits per heavy atom. The molecular weight excluding hydrogens is 466 g/mol. The third-order valence-corrected chi connectivity index (χ3v) is 7.03. The van der Waals surface area contributed by atoms with Crippen LogP contribution in [0, 0.1) is 0 Å². The minimum atomic E-state index is -3.78. The van der Waals surface area contributed by atoms with Gasteiger partial charge in [0.05, 0.1) is 19.1 Å². The Balaban J connectivity index is 2.37. The lowest BCUT2D eigenvalue weighted by Gasteiger charge is -2.33. The van der Waals surface area contributed by atoms with Gasteiger partial charge in [-0.15, -0.1) is 0 Å². The smallest absolute Gasteiger partial charge is 0.244 e. The van der Waals surface area contributed by atoms with Crippen LogP contribution in [0.1, 0.15) is 39.2 Å². The van der Waals surface area contributed by atoms with Gasteiger partial charge in [-0.3, -0.25) is 13.9 Å². The van der Waals surface area contributed by atoms with Crippen LogP contribution in [0.5, 0.6) is 5.75 Å². The normalized spacial score (nSPS) is 12.9. The molecule has 0 saturated heterocycles. The molecule has 0 aliphatic rings. The largest absolute Gasteiger partial charge is 0.497 e. The molecule has 2 atom stereocenters. The van der Waals surface area contributed by atoms with Gasteiger partial charge in [-0.25, -0.2) is 8.42 Å². The zero-order valence-electron chi connectivity index (χ0n) is 21.2. The Kier molecular flexibility index (Phi) is 10.6. The fraction of sp³-hybridized carbons (Fsp3) is 0.462. The number of carbonyl (C=O) groups excluding carboxylic acids is 2. The van der Waals surface area contributed by atoms with E-state index in [9.17, 15) is 18.0 Å². The van der Waals surface area contributed by atoms with E-state index in [-0.39, 0.29) is 18.5 Å². The Bertz CT molecular complexity index is 1080. The third-order valence-electron chi connectivity index (χ3n) is 5.89. The van der Waals surface area contributed by atoms with Crippen LogP contribution in [-0.2, 0) is 26.0 Å². The maximum Gasteiger partial charge on any atom is 0.244 e. The summed E-state index contributed by atoms with van der Waals surface area (Å²) in [5.74, 6) is -0.209. The summed E-state index contributed by atoms with van der Waals surface area (Å²) in [5, 5.41) is 2.96. The fourth-order valence-corrected chi connectivity index (χ4v) is 4.56. The van der Waals surface area contributed by atoms with Crippen LogP contribution in [-0.4, -0.2) is 63.7 Å². The zero-order chi connectivity index (χ0) is 26.0. The molecule has 2 aromatic rings. The minimum Gasteiger partial charge on any atom is -0.497 e. The van der Waals surface area contributed by atoms with Crippen molar-refractivity contribution in [3.05, 3.63) is 60.2 Å². The first kappa shape index (κ1) is 28.2. The van der Waals surface area contributed by atoms with Crippen molar-refractivity contribution < 1.29 is 22.7 Å². The number of nitrogens with zero attached hydrogens (tertiary/aromatic N) is 2. The van der Waals surface area contributed by atoms with Crippen LogP contribution >= 0.6 is 0 Å². The van der Waals surface area contributed by atoms with Crippen molar-refractivity contribution in [2.75, 3.05) is 30.8 Å². The molecule has 0 aliphatic carbocycles. The fourth-order valence-electron chi connectivity index (χ4n) is 3.72. The number of rotatable bonds is 13. The Labute approximate surface area is 209 Å². The first-order chi connectivity index (χ1) is 16.6. The molecule has 0 saturated carbocycles. The summed E-state index contributed by atoms with van der Waals surface area (Å²) >= 11 is 0. The molecule has 0 radical (unpaired) electrons. The maximum atomic E-state index is 13.6. The number of methoxy groups -OCH3 is 1. The number of hydrogen-bond donors (Lipinski definition) is 1. The summed E-state index contributed by atoms with van der Waals surface area (Å²) < 4.78 is 31.6. The Morgan fingerprint density at radius 3 is 2.29 bits per heavy atom. The molecule has 0 aromatic heterocycles. The molecule has 0 fully saturated rings. The highest BCUT2D eigenvalue weighted by atomic mass is 32.2. The van der Waals surface area contributed by atoms with E-state index in [1.54, 1.807) is 24.3 Å². The Hall–Kier alpha value is -3.07. The molecule has 0 bridgehead atoms. The van der Waals surface area contributed by atoms with Gasteiger partial charge in [0.15, 0.2) is 0 Å². The van der Waals surface area contributed by atoms with E-state index >= 15 is 0 Å². The standard InChI is InChI=1S/C26H37N3O5S/c1-6-20(3)27-26(31)24(7-2)28(17-16-21-12-9-8-10-13-21)25(30)19-29(35(5,32)33)22-14-11-15-23(18-22)34-4/h8-15,18,20,24H,6-7,16-17,19H2,1-5H3,(H,27,31)/t20-,24+/m0/s1. The van der Waals surface area contributed by atoms with Crippen LogP contribution in [0.15, 0.2) is 54.6 Å². The van der Waals surface area contributed by atoms with Crippen LogP contribution < -0.4 is 14.4 Å². The second kappa shape index (κ2) is 13.1. The van der Waals surface area contributed by atoms with Crippen LogP contribution in [0.25, 0.3) is 0 Å². The van der Waals surface area contributed by atoms with E-state index in [0.29, 0.717) is 24.3 Å². The lowest BCUT2D eigenvalue weighted by Crippen LogP contribution is -2.54. The summed E-state index contributed by atoms with van der Waals surface area (Å²) in [5.41, 5.74) is 1.34. The number of benzene rings is 2. The molecule has 0 unspecified atom stereocenters. The lowest BCUT2D eigenvalue weighted by molar-refractivity contribution is -0.139. The van der Waals surface area contributed by atoms with E-state index in [2.05, 4.69) is 5.32 Å². The molecule has 0 heterocycles. The number of carbonyl (C=O) groups is 2. The number of hydrogen-bond acceptors (Lipinski definition) is 5. The zero-order valence-corrected chi connectivity index (χ0v) is 22.0. The van der Waals surface area contributed by atoms with Crippen molar-refractivity contribution in [3.8, 4) is 5.75 Å². The summed E-state index contributed by atoms with van der Waals surface area (Å²) in [6.45, 7) is 5.59. The van der Waals surface area contributed by atoms with Crippen molar-refractivity contribution in [2.45, 2.75) is 52.1 Å². The number of anilines is 1. The summed E-state index contributed by atoms with van der Waals surface area (Å²) in [7, 11) is -2.30. The summed E-state index contributed by atoms with van der Waals surface area (Å²) in [6.07, 6.45) is 2.76. The number of ether oxygens (including phenoxy) is 1. The second-order valence-electron chi connectivity index (χ2n) is 8.54. The maximum absolute atomic E-state index is 13.6. The van der Waals surface area contributed by atoms with Crippen molar-refractivity contribution in [2.24, 2.45) is 0 Å². The van der Waals surface area contributed by atoms with Crippen LogP contribution in [0.3, 0.4) is 0 Å².